The van der Waals surface area contributed by atoms with Crippen molar-refractivity contribution in [2.75, 3.05) is 43.6 Å². The van der Waals surface area contributed by atoms with Crippen LogP contribution in [0.15, 0.2) is 5.03 Å². The summed E-state index contributed by atoms with van der Waals surface area (Å²) < 4.78 is 16.5. The summed E-state index contributed by atoms with van der Waals surface area (Å²) in [6, 6.07) is 2.34. The summed E-state index contributed by atoms with van der Waals surface area (Å²) in [6.07, 6.45) is 0.657. The SMILES string of the molecule is CCOC(=O)CSc1[nH+]c(N2CCOCC2)c2c(c1C#N)CC(C)(C)OC2. The molecule has 2 aliphatic heterocycles. The normalized spacial score (nSPS) is 18.5. The standard InChI is InChI=1S/C19H25N3O4S/c1-4-25-16(23)12-27-18-14(10-20)13-9-19(2,3)26-11-15(13)17(21-18)22-5-7-24-8-6-22/h4-9,11-12H2,1-3H3/p+1. The lowest BCUT2D eigenvalue weighted by molar-refractivity contribution is -0.415. The number of thioether (sulfide) groups is 1. The van der Waals surface area contributed by atoms with E-state index in [1.165, 1.54) is 11.8 Å². The smallest absolute Gasteiger partial charge is 0.316 e. The highest BCUT2D eigenvalue weighted by Gasteiger charge is 2.36. The lowest BCUT2D eigenvalue weighted by atomic mass is 9.89. The summed E-state index contributed by atoms with van der Waals surface area (Å²) >= 11 is 1.32. The molecule has 1 fully saturated rings. The van der Waals surface area contributed by atoms with Crippen LogP contribution in [0.4, 0.5) is 5.82 Å². The average Bonchev–Trinajstić information content (AvgIpc) is 2.65. The molecule has 1 aromatic rings. The molecular weight excluding hydrogens is 366 g/mol. The summed E-state index contributed by atoms with van der Waals surface area (Å²) in [5, 5.41) is 10.6. The number of nitriles is 1. The molecule has 0 atom stereocenters. The Bertz CT molecular complexity index is 754. The van der Waals surface area contributed by atoms with Gasteiger partial charge in [0.25, 0.3) is 5.82 Å². The van der Waals surface area contributed by atoms with Gasteiger partial charge in [-0.15, -0.1) is 0 Å². The average molecular weight is 393 g/mol. The van der Waals surface area contributed by atoms with Crippen molar-refractivity contribution in [2.24, 2.45) is 0 Å². The molecule has 0 amide bonds. The summed E-state index contributed by atoms with van der Waals surface area (Å²) in [5.41, 5.74) is 2.33. The highest BCUT2D eigenvalue weighted by Crippen LogP contribution is 2.36. The van der Waals surface area contributed by atoms with E-state index >= 15 is 0 Å². The van der Waals surface area contributed by atoms with Gasteiger partial charge in [0.05, 0.1) is 43.3 Å². The number of aromatic nitrogens is 1. The van der Waals surface area contributed by atoms with Crippen molar-refractivity contribution in [1.29, 1.82) is 5.26 Å². The minimum atomic E-state index is -0.328. The minimum absolute atomic E-state index is 0.167. The van der Waals surface area contributed by atoms with Crippen LogP contribution in [0.5, 0.6) is 0 Å². The first kappa shape index (κ1) is 19.9. The first-order chi connectivity index (χ1) is 12.9. The number of nitrogens with zero attached hydrogens (tertiary/aromatic N) is 2. The topological polar surface area (TPSA) is 85.9 Å². The van der Waals surface area contributed by atoms with Crippen LogP contribution in [0.3, 0.4) is 0 Å². The Morgan fingerprint density at radius 3 is 2.78 bits per heavy atom. The number of esters is 1. The van der Waals surface area contributed by atoms with Crippen LogP contribution in [0, 0.1) is 11.3 Å². The predicted octanol–water partition coefficient (Wildman–Crippen LogP) is 1.72. The first-order valence-electron chi connectivity index (χ1n) is 9.21. The zero-order valence-corrected chi connectivity index (χ0v) is 16.9. The Hall–Kier alpha value is -1.82. The number of anilines is 1. The van der Waals surface area contributed by atoms with E-state index in [0.29, 0.717) is 43.4 Å². The van der Waals surface area contributed by atoms with Crippen LogP contribution in [0.25, 0.3) is 0 Å². The Kier molecular flexibility index (Phi) is 6.25. The first-order valence-corrected chi connectivity index (χ1v) is 10.2. The molecule has 2 aliphatic rings. The summed E-state index contributed by atoms with van der Waals surface area (Å²) in [4.78, 5) is 17.5. The van der Waals surface area contributed by atoms with Crippen molar-refractivity contribution in [3.63, 3.8) is 0 Å². The van der Waals surface area contributed by atoms with Gasteiger partial charge in [-0.1, -0.05) is 11.8 Å². The van der Waals surface area contributed by atoms with E-state index in [1.54, 1.807) is 6.92 Å². The second kappa shape index (κ2) is 8.46. The second-order valence-electron chi connectivity index (χ2n) is 7.16. The number of hydrogen-bond donors (Lipinski definition) is 0. The van der Waals surface area contributed by atoms with Gasteiger partial charge in [0.1, 0.15) is 24.7 Å². The molecular formula is C19H26N3O4S+. The summed E-state index contributed by atoms with van der Waals surface area (Å²) in [5.74, 6) is 0.850. The van der Waals surface area contributed by atoms with Crippen LogP contribution in [-0.2, 0) is 32.0 Å². The Morgan fingerprint density at radius 1 is 1.37 bits per heavy atom. The number of nitrogens with one attached hydrogen (secondary N) is 1. The quantitative estimate of drug-likeness (QED) is 0.557. The summed E-state index contributed by atoms with van der Waals surface area (Å²) in [7, 11) is 0. The van der Waals surface area contributed by atoms with E-state index in [0.717, 1.165) is 30.0 Å². The van der Waals surface area contributed by atoms with Gasteiger partial charge in [0, 0.05) is 6.42 Å². The third kappa shape index (κ3) is 4.54. The molecule has 146 valence electrons. The number of ether oxygens (including phenoxy) is 3. The zero-order chi connectivity index (χ0) is 19.4. The molecule has 0 saturated carbocycles. The van der Waals surface area contributed by atoms with Gasteiger partial charge in [0.2, 0.25) is 0 Å². The molecule has 3 rings (SSSR count). The number of carbonyl (C=O) groups excluding carboxylic acids is 1. The molecule has 8 heteroatoms. The number of carbonyl (C=O) groups is 1. The second-order valence-corrected chi connectivity index (χ2v) is 8.15. The predicted molar refractivity (Wildman–Crippen MR) is 101 cm³/mol. The molecule has 1 N–H and O–H groups in total. The van der Waals surface area contributed by atoms with E-state index in [1.807, 2.05) is 13.8 Å². The third-order valence-corrected chi connectivity index (χ3v) is 5.67. The van der Waals surface area contributed by atoms with Crippen molar-refractivity contribution in [1.82, 2.24) is 0 Å². The van der Waals surface area contributed by atoms with E-state index in [4.69, 9.17) is 14.2 Å². The molecule has 0 bridgehead atoms. The third-order valence-electron chi connectivity index (χ3n) is 4.70. The van der Waals surface area contributed by atoms with E-state index in [-0.39, 0.29) is 17.3 Å². The van der Waals surface area contributed by atoms with Gasteiger partial charge in [-0.3, -0.25) is 9.69 Å². The summed E-state index contributed by atoms with van der Waals surface area (Å²) in [6.45, 7) is 9.56. The van der Waals surface area contributed by atoms with Crippen LogP contribution < -0.4 is 9.88 Å². The fourth-order valence-corrected chi connectivity index (χ4v) is 4.22. The lowest BCUT2D eigenvalue weighted by Gasteiger charge is -2.34. The maximum Gasteiger partial charge on any atom is 0.316 e. The van der Waals surface area contributed by atoms with E-state index < -0.39 is 0 Å². The largest absolute Gasteiger partial charge is 0.465 e. The number of aromatic amines is 1. The van der Waals surface area contributed by atoms with Crippen molar-refractivity contribution in [3.05, 3.63) is 16.7 Å². The molecule has 7 nitrogen and oxygen atoms in total. The Morgan fingerprint density at radius 2 is 2.11 bits per heavy atom. The van der Waals surface area contributed by atoms with Gasteiger partial charge in [-0.2, -0.15) is 5.26 Å². The van der Waals surface area contributed by atoms with Crippen LogP contribution in [0.2, 0.25) is 0 Å². The number of hydrogen-bond acceptors (Lipinski definition) is 7. The molecule has 0 unspecified atom stereocenters. The molecule has 3 heterocycles. The number of rotatable bonds is 5. The number of H-pyrrole nitrogens is 1. The minimum Gasteiger partial charge on any atom is -0.465 e. The fraction of sp³-hybridized carbons (Fsp3) is 0.632. The monoisotopic (exact) mass is 392 g/mol. The highest BCUT2D eigenvalue weighted by molar-refractivity contribution is 7.99. The molecule has 1 saturated heterocycles. The molecule has 0 spiro atoms. The highest BCUT2D eigenvalue weighted by atomic mass is 32.2. The van der Waals surface area contributed by atoms with Gasteiger partial charge in [0.15, 0.2) is 5.03 Å². The molecule has 27 heavy (non-hydrogen) atoms. The number of fused-ring (bicyclic) bond motifs is 1. The van der Waals surface area contributed by atoms with Crippen molar-refractivity contribution in [2.45, 2.75) is 44.4 Å². The van der Waals surface area contributed by atoms with Crippen molar-refractivity contribution < 1.29 is 24.0 Å². The van der Waals surface area contributed by atoms with Gasteiger partial charge >= 0.3 is 5.97 Å². The number of pyridine rings is 1. The van der Waals surface area contributed by atoms with E-state index in [2.05, 4.69) is 16.0 Å². The van der Waals surface area contributed by atoms with Crippen LogP contribution in [0.1, 0.15) is 37.5 Å². The van der Waals surface area contributed by atoms with Gasteiger partial charge in [-0.25, -0.2) is 4.98 Å². The molecule has 0 radical (unpaired) electrons. The maximum absolute atomic E-state index is 11.8. The van der Waals surface area contributed by atoms with Gasteiger partial charge < -0.3 is 14.2 Å². The van der Waals surface area contributed by atoms with Crippen molar-refractivity contribution >= 4 is 23.5 Å². The molecule has 0 aliphatic carbocycles. The van der Waals surface area contributed by atoms with Crippen LogP contribution in [-0.4, -0.2) is 50.2 Å². The Balaban J connectivity index is 2.01. The number of morpholine rings is 1. The lowest BCUT2D eigenvalue weighted by Crippen LogP contribution is -2.43. The van der Waals surface area contributed by atoms with Crippen molar-refractivity contribution in [3.8, 4) is 6.07 Å². The van der Waals surface area contributed by atoms with Crippen LogP contribution >= 0.6 is 11.8 Å². The maximum atomic E-state index is 11.8. The fourth-order valence-electron chi connectivity index (χ4n) is 3.39. The van der Waals surface area contributed by atoms with E-state index in [9.17, 15) is 10.1 Å². The molecule has 1 aromatic heterocycles. The Labute approximate surface area is 164 Å². The van der Waals surface area contributed by atoms with Gasteiger partial charge in [-0.05, 0) is 26.3 Å². The zero-order valence-electron chi connectivity index (χ0n) is 16.1. The molecule has 0 aromatic carbocycles.